The molecule has 0 unspecified atom stereocenters. The van der Waals surface area contributed by atoms with Gasteiger partial charge in [0.25, 0.3) is 0 Å². The van der Waals surface area contributed by atoms with Crippen LogP contribution in [0.4, 0.5) is 5.69 Å². The zero-order chi connectivity index (χ0) is 21.2. The number of methoxy groups -OCH3 is 1. The molecular weight excluding hydrogens is 388 g/mol. The van der Waals surface area contributed by atoms with E-state index in [1.165, 1.54) is 6.92 Å². The number of aryl methyl sites for hydroxylation is 1. The van der Waals surface area contributed by atoms with Gasteiger partial charge in [0.05, 0.1) is 12.0 Å². The van der Waals surface area contributed by atoms with Crippen LogP contribution in [0.15, 0.2) is 47.4 Å². The predicted octanol–water partition coefficient (Wildman–Crippen LogP) is 3.67. The van der Waals surface area contributed by atoms with Crippen LogP contribution in [-0.2, 0) is 21.2 Å². The smallest absolute Gasteiger partial charge is 0.241 e. The highest BCUT2D eigenvalue weighted by molar-refractivity contribution is 7.89. The number of hydrogen-bond acceptors (Lipinski definition) is 4. The molecule has 0 bridgehead atoms. The number of carbonyl (C=O) groups excluding carboxylic acids is 1. The van der Waals surface area contributed by atoms with Gasteiger partial charge in [-0.3, -0.25) is 4.79 Å². The average molecular weight is 417 g/mol. The molecule has 3 rings (SSSR count). The summed E-state index contributed by atoms with van der Waals surface area (Å²) in [4.78, 5) is 13.8. The lowest BCUT2D eigenvalue weighted by Crippen LogP contribution is -2.34. The Bertz CT molecular complexity index is 984. The quantitative estimate of drug-likeness (QED) is 0.780. The second-order valence-electron chi connectivity index (χ2n) is 7.68. The van der Waals surface area contributed by atoms with E-state index in [4.69, 9.17) is 4.74 Å². The lowest BCUT2D eigenvalue weighted by molar-refractivity contribution is -0.116. The van der Waals surface area contributed by atoms with Crippen LogP contribution in [0.2, 0.25) is 0 Å². The Balaban J connectivity index is 1.90. The molecule has 1 N–H and O–H groups in total. The van der Waals surface area contributed by atoms with Gasteiger partial charge in [0, 0.05) is 25.2 Å². The third-order valence-electron chi connectivity index (χ3n) is 5.28. The lowest BCUT2D eigenvalue weighted by Gasteiger charge is -2.29. The number of benzene rings is 2. The molecule has 0 saturated carbocycles. The first kappa shape index (κ1) is 21.3. The van der Waals surface area contributed by atoms with E-state index in [2.05, 4.69) is 4.72 Å². The van der Waals surface area contributed by atoms with E-state index < -0.39 is 10.0 Å². The second kappa shape index (κ2) is 8.55. The zero-order valence-electron chi connectivity index (χ0n) is 17.3. The summed E-state index contributed by atoms with van der Waals surface area (Å²) in [6, 6.07) is 12.1. The average Bonchev–Trinajstić information content (AvgIpc) is 2.71. The molecule has 1 atom stereocenters. The van der Waals surface area contributed by atoms with Crippen molar-refractivity contribution >= 4 is 21.6 Å². The first-order valence-electron chi connectivity index (χ1n) is 9.80. The van der Waals surface area contributed by atoms with Gasteiger partial charge in [0.15, 0.2) is 0 Å². The van der Waals surface area contributed by atoms with Crippen molar-refractivity contribution in [3.8, 4) is 5.75 Å². The Morgan fingerprint density at radius 1 is 1.14 bits per heavy atom. The minimum atomic E-state index is -3.72. The van der Waals surface area contributed by atoms with Crippen LogP contribution in [0.3, 0.4) is 0 Å². The number of anilines is 1. The molecule has 1 amide bonds. The van der Waals surface area contributed by atoms with E-state index in [1.807, 2.05) is 38.1 Å². The van der Waals surface area contributed by atoms with E-state index in [9.17, 15) is 13.2 Å². The van der Waals surface area contributed by atoms with Crippen molar-refractivity contribution in [2.24, 2.45) is 5.92 Å². The third kappa shape index (κ3) is 4.62. The van der Waals surface area contributed by atoms with Crippen LogP contribution in [0.25, 0.3) is 0 Å². The van der Waals surface area contributed by atoms with Crippen LogP contribution in [0.5, 0.6) is 5.75 Å². The summed E-state index contributed by atoms with van der Waals surface area (Å²) in [6.07, 6.45) is 1.58. The Morgan fingerprint density at radius 3 is 2.41 bits per heavy atom. The Morgan fingerprint density at radius 2 is 1.83 bits per heavy atom. The summed E-state index contributed by atoms with van der Waals surface area (Å²) in [5, 5.41) is 0. The molecule has 156 valence electrons. The molecule has 6 nitrogen and oxygen atoms in total. The highest BCUT2D eigenvalue weighted by Gasteiger charge is 2.26. The Labute approximate surface area is 172 Å². The van der Waals surface area contributed by atoms with Gasteiger partial charge < -0.3 is 9.64 Å². The number of fused-ring (bicyclic) bond motifs is 1. The van der Waals surface area contributed by atoms with E-state index in [0.717, 1.165) is 35.4 Å². The fourth-order valence-electron chi connectivity index (χ4n) is 3.70. The zero-order valence-corrected chi connectivity index (χ0v) is 18.1. The SMILES string of the molecule is COc1ccc([C@@H](NS(=O)(=O)c2ccc3c(c2)CCCN3C(C)=O)C(C)C)cc1. The number of amides is 1. The van der Waals surface area contributed by atoms with Crippen molar-refractivity contribution in [1.29, 1.82) is 0 Å². The second-order valence-corrected chi connectivity index (χ2v) is 9.39. The van der Waals surface area contributed by atoms with Crippen molar-refractivity contribution in [1.82, 2.24) is 4.72 Å². The number of nitrogens with zero attached hydrogens (tertiary/aromatic N) is 1. The number of hydrogen-bond donors (Lipinski definition) is 1. The molecule has 1 heterocycles. The molecule has 0 spiro atoms. The molecule has 0 radical (unpaired) electrons. The molecule has 7 heteroatoms. The van der Waals surface area contributed by atoms with Crippen molar-refractivity contribution in [3.63, 3.8) is 0 Å². The van der Waals surface area contributed by atoms with E-state index in [1.54, 1.807) is 30.2 Å². The van der Waals surface area contributed by atoms with E-state index >= 15 is 0 Å². The first-order chi connectivity index (χ1) is 13.7. The van der Waals surface area contributed by atoms with Gasteiger partial charge in [-0.2, -0.15) is 0 Å². The number of sulfonamides is 1. The lowest BCUT2D eigenvalue weighted by atomic mass is 9.97. The maximum absolute atomic E-state index is 13.1. The van der Waals surface area contributed by atoms with Crippen LogP contribution >= 0.6 is 0 Å². The summed E-state index contributed by atoms with van der Waals surface area (Å²) in [5.41, 5.74) is 2.57. The molecule has 0 aliphatic carbocycles. The van der Waals surface area contributed by atoms with Gasteiger partial charge in [-0.05, 0) is 60.2 Å². The fraction of sp³-hybridized carbons (Fsp3) is 0.409. The monoisotopic (exact) mass is 416 g/mol. The van der Waals surface area contributed by atoms with Crippen molar-refractivity contribution in [2.45, 2.75) is 44.6 Å². The summed E-state index contributed by atoms with van der Waals surface area (Å²) >= 11 is 0. The van der Waals surface area contributed by atoms with Gasteiger partial charge in [-0.25, -0.2) is 13.1 Å². The van der Waals surface area contributed by atoms with Crippen LogP contribution in [-0.4, -0.2) is 28.0 Å². The van der Waals surface area contributed by atoms with Gasteiger partial charge >= 0.3 is 0 Å². The summed E-state index contributed by atoms with van der Waals surface area (Å²) in [5.74, 6) is 0.756. The maximum atomic E-state index is 13.1. The highest BCUT2D eigenvalue weighted by atomic mass is 32.2. The van der Waals surface area contributed by atoms with E-state index in [0.29, 0.717) is 6.54 Å². The van der Waals surface area contributed by atoms with Crippen LogP contribution < -0.4 is 14.4 Å². The van der Waals surface area contributed by atoms with Gasteiger partial charge in [0.1, 0.15) is 5.75 Å². The minimum Gasteiger partial charge on any atom is -0.497 e. The minimum absolute atomic E-state index is 0.0286. The predicted molar refractivity (Wildman–Crippen MR) is 114 cm³/mol. The number of rotatable bonds is 6. The Kier molecular flexibility index (Phi) is 6.29. The molecule has 1 aliphatic heterocycles. The van der Waals surface area contributed by atoms with Gasteiger partial charge in [-0.15, -0.1) is 0 Å². The summed E-state index contributed by atoms with van der Waals surface area (Å²) in [7, 11) is -2.13. The molecular formula is C22H28N2O4S. The topological polar surface area (TPSA) is 75.7 Å². The summed E-state index contributed by atoms with van der Waals surface area (Å²) < 4.78 is 34.3. The van der Waals surface area contributed by atoms with Crippen LogP contribution in [0.1, 0.15) is 44.4 Å². The number of carbonyl (C=O) groups is 1. The third-order valence-corrected chi connectivity index (χ3v) is 6.72. The fourth-order valence-corrected chi connectivity index (χ4v) is 5.13. The molecule has 2 aromatic carbocycles. The molecule has 29 heavy (non-hydrogen) atoms. The van der Waals surface area contributed by atoms with Crippen molar-refractivity contribution < 1.29 is 17.9 Å². The molecule has 1 aliphatic rings. The van der Waals surface area contributed by atoms with Crippen molar-refractivity contribution in [2.75, 3.05) is 18.6 Å². The van der Waals surface area contributed by atoms with Crippen molar-refractivity contribution in [3.05, 3.63) is 53.6 Å². The molecule has 0 saturated heterocycles. The normalized spacial score (nSPS) is 15.1. The largest absolute Gasteiger partial charge is 0.497 e. The van der Waals surface area contributed by atoms with E-state index in [-0.39, 0.29) is 22.8 Å². The van der Waals surface area contributed by atoms with Gasteiger partial charge in [-0.1, -0.05) is 26.0 Å². The standard InChI is InChI=1S/C22H28N2O4S/c1-15(2)22(17-7-9-19(28-4)10-8-17)23-29(26,27)20-11-12-21-18(14-20)6-5-13-24(21)16(3)25/h7-12,14-15,22-23H,5-6,13H2,1-4H3/t22-/m0/s1. The molecule has 0 fully saturated rings. The van der Waals surface area contributed by atoms with Crippen LogP contribution in [0, 0.1) is 5.92 Å². The first-order valence-corrected chi connectivity index (χ1v) is 11.3. The number of ether oxygens (including phenoxy) is 1. The number of nitrogens with one attached hydrogen (secondary N) is 1. The summed E-state index contributed by atoms with van der Waals surface area (Å²) in [6.45, 7) is 6.16. The molecule has 0 aromatic heterocycles. The Hall–Kier alpha value is -2.38. The van der Waals surface area contributed by atoms with Gasteiger partial charge in [0.2, 0.25) is 15.9 Å². The molecule has 2 aromatic rings. The highest BCUT2D eigenvalue weighted by Crippen LogP contribution is 2.31. The maximum Gasteiger partial charge on any atom is 0.241 e.